The molecule has 1 aliphatic rings. The van der Waals surface area contributed by atoms with Crippen molar-refractivity contribution in [1.29, 1.82) is 0 Å². The number of halogens is 3. The number of alkyl halides is 2. The minimum absolute atomic E-state index is 0.299. The van der Waals surface area contributed by atoms with Crippen LogP contribution in [0.4, 0.5) is 8.78 Å². The minimum atomic E-state index is -2.62. The normalized spacial score (nSPS) is 22.9. The summed E-state index contributed by atoms with van der Waals surface area (Å²) < 4.78 is 26.2. The molecule has 0 aromatic heterocycles. The van der Waals surface area contributed by atoms with E-state index in [0.29, 0.717) is 15.6 Å². The summed E-state index contributed by atoms with van der Waals surface area (Å²) in [6.07, 6.45) is -3.23. The fraction of sp³-hybridized carbons (Fsp3) is 0.385. The van der Waals surface area contributed by atoms with Crippen molar-refractivity contribution in [1.82, 2.24) is 4.90 Å². The predicted molar refractivity (Wildman–Crippen MR) is 69.2 cm³/mol. The largest absolute Gasteiger partial charge is 0.281 e. The standard InChI is InChI=1S/C13H12BrF2NO2/c1-13(6-10(15)16)9-5-7(14)3-4-8(9)11(18)17(2)12(13)19/h3-5,10H,6H2,1-2H3. The summed E-state index contributed by atoms with van der Waals surface area (Å²) in [5.41, 5.74) is -0.723. The van der Waals surface area contributed by atoms with Crippen molar-refractivity contribution in [2.45, 2.75) is 25.2 Å². The third-order valence-electron chi connectivity index (χ3n) is 3.45. The second-order valence-electron chi connectivity index (χ2n) is 4.79. The maximum atomic E-state index is 12.8. The zero-order valence-corrected chi connectivity index (χ0v) is 12.0. The van der Waals surface area contributed by atoms with Gasteiger partial charge < -0.3 is 0 Å². The Bertz CT molecular complexity index is 562. The van der Waals surface area contributed by atoms with Crippen LogP contribution in [0, 0.1) is 0 Å². The highest BCUT2D eigenvalue weighted by molar-refractivity contribution is 9.10. The van der Waals surface area contributed by atoms with Crippen molar-refractivity contribution < 1.29 is 18.4 Å². The number of amides is 2. The molecule has 1 aliphatic heterocycles. The number of hydrogen-bond donors (Lipinski definition) is 0. The van der Waals surface area contributed by atoms with Crippen LogP contribution < -0.4 is 0 Å². The Morgan fingerprint density at radius 3 is 2.58 bits per heavy atom. The Morgan fingerprint density at radius 1 is 1.37 bits per heavy atom. The first-order valence-electron chi connectivity index (χ1n) is 5.68. The van der Waals surface area contributed by atoms with E-state index in [1.807, 2.05) is 0 Å². The highest BCUT2D eigenvalue weighted by atomic mass is 79.9. The topological polar surface area (TPSA) is 37.4 Å². The van der Waals surface area contributed by atoms with Gasteiger partial charge in [-0.2, -0.15) is 0 Å². The second-order valence-corrected chi connectivity index (χ2v) is 5.70. The first-order valence-corrected chi connectivity index (χ1v) is 6.47. The number of hydrogen-bond acceptors (Lipinski definition) is 2. The lowest BCUT2D eigenvalue weighted by Gasteiger charge is -2.38. The van der Waals surface area contributed by atoms with Crippen LogP contribution in [-0.4, -0.2) is 30.2 Å². The van der Waals surface area contributed by atoms with E-state index in [0.717, 1.165) is 4.90 Å². The van der Waals surface area contributed by atoms with Gasteiger partial charge in [0.2, 0.25) is 12.3 Å². The Morgan fingerprint density at radius 2 is 2.00 bits per heavy atom. The number of fused-ring (bicyclic) bond motifs is 1. The molecule has 0 bridgehead atoms. The SMILES string of the molecule is CN1C(=O)c2ccc(Br)cc2C(C)(CC(F)F)C1=O. The van der Waals surface area contributed by atoms with Crippen molar-refractivity contribution in [2.75, 3.05) is 7.05 Å². The average Bonchev–Trinajstić information content (AvgIpc) is 2.33. The van der Waals surface area contributed by atoms with Gasteiger partial charge in [-0.25, -0.2) is 8.78 Å². The van der Waals surface area contributed by atoms with Crippen molar-refractivity contribution in [3.05, 3.63) is 33.8 Å². The Kier molecular flexibility index (Phi) is 3.47. The molecule has 2 amide bonds. The molecule has 1 aromatic rings. The first kappa shape index (κ1) is 14.1. The number of imide groups is 1. The molecular weight excluding hydrogens is 320 g/mol. The van der Waals surface area contributed by atoms with E-state index in [2.05, 4.69) is 15.9 Å². The predicted octanol–water partition coefficient (Wildman–Crippen LogP) is 2.97. The van der Waals surface area contributed by atoms with Crippen LogP contribution in [0.3, 0.4) is 0 Å². The molecule has 3 nitrogen and oxygen atoms in total. The molecule has 0 fully saturated rings. The quantitative estimate of drug-likeness (QED) is 0.781. The molecule has 0 radical (unpaired) electrons. The molecule has 1 heterocycles. The van der Waals surface area contributed by atoms with E-state index in [9.17, 15) is 18.4 Å². The molecule has 1 aromatic carbocycles. The number of rotatable bonds is 2. The summed E-state index contributed by atoms with van der Waals surface area (Å²) in [6, 6.07) is 4.78. The lowest BCUT2D eigenvalue weighted by Crippen LogP contribution is -2.52. The van der Waals surface area contributed by atoms with Crippen LogP contribution >= 0.6 is 15.9 Å². The van der Waals surface area contributed by atoms with Crippen LogP contribution in [0.15, 0.2) is 22.7 Å². The summed E-state index contributed by atoms with van der Waals surface area (Å²) in [7, 11) is 1.32. The monoisotopic (exact) mass is 331 g/mol. The van der Waals surface area contributed by atoms with Crippen LogP contribution in [0.2, 0.25) is 0 Å². The van der Waals surface area contributed by atoms with E-state index >= 15 is 0 Å². The van der Waals surface area contributed by atoms with E-state index in [-0.39, 0.29) is 0 Å². The van der Waals surface area contributed by atoms with Gasteiger partial charge in [0.15, 0.2) is 0 Å². The van der Waals surface area contributed by atoms with Gasteiger partial charge in [-0.3, -0.25) is 14.5 Å². The lowest BCUT2D eigenvalue weighted by atomic mass is 9.73. The molecule has 0 aliphatic carbocycles. The lowest BCUT2D eigenvalue weighted by molar-refractivity contribution is -0.135. The maximum Gasteiger partial charge on any atom is 0.260 e. The second kappa shape index (κ2) is 4.67. The van der Waals surface area contributed by atoms with E-state index in [1.54, 1.807) is 18.2 Å². The van der Waals surface area contributed by atoms with Gasteiger partial charge in [0, 0.05) is 23.5 Å². The fourth-order valence-electron chi connectivity index (χ4n) is 2.42. The Hall–Kier alpha value is -1.30. The molecule has 0 saturated carbocycles. The third kappa shape index (κ3) is 2.18. The fourth-order valence-corrected chi connectivity index (χ4v) is 2.78. The number of carbonyl (C=O) groups excluding carboxylic acids is 2. The number of benzene rings is 1. The van der Waals surface area contributed by atoms with Gasteiger partial charge in [0.25, 0.3) is 5.91 Å². The van der Waals surface area contributed by atoms with Gasteiger partial charge >= 0.3 is 0 Å². The molecule has 102 valence electrons. The molecule has 19 heavy (non-hydrogen) atoms. The van der Waals surface area contributed by atoms with Crippen molar-refractivity contribution >= 4 is 27.7 Å². The van der Waals surface area contributed by atoms with Gasteiger partial charge in [-0.15, -0.1) is 0 Å². The van der Waals surface area contributed by atoms with Gasteiger partial charge in [0.1, 0.15) is 0 Å². The van der Waals surface area contributed by atoms with Crippen LogP contribution in [0.25, 0.3) is 0 Å². The van der Waals surface area contributed by atoms with Crippen LogP contribution in [0.5, 0.6) is 0 Å². The molecule has 0 spiro atoms. The van der Waals surface area contributed by atoms with E-state index < -0.39 is 30.1 Å². The first-order chi connectivity index (χ1) is 8.77. The summed E-state index contributed by atoms with van der Waals surface area (Å²) >= 11 is 3.24. The maximum absolute atomic E-state index is 12.8. The molecule has 1 unspecified atom stereocenters. The van der Waals surface area contributed by atoms with Crippen molar-refractivity contribution in [2.24, 2.45) is 0 Å². The minimum Gasteiger partial charge on any atom is -0.281 e. The Labute approximate surface area is 117 Å². The summed E-state index contributed by atoms with van der Waals surface area (Å²) in [4.78, 5) is 25.2. The highest BCUT2D eigenvalue weighted by Gasteiger charge is 2.47. The van der Waals surface area contributed by atoms with Crippen molar-refractivity contribution in [3.63, 3.8) is 0 Å². The van der Waals surface area contributed by atoms with Gasteiger partial charge in [-0.05, 0) is 30.7 Å². The van der Waals surface area contributed by atoms with E-state index in [4.69, 9.17) is 0 Å². The smallest absolute Gasteiger partial charge is 0.260 e. The zero-order valence-electron chi connectivity index (χ0n) is 10.4. The summed E-state index contributed by atoms with van der Waals surface area (Å²) in [6.45, 7) is 1.45. The molecule has 2 rings (SSSR count). The van der Waals surface area contributed by atoms with Crippen LogP contribution in [0.1, 0.15) is 29.3 Å². The number of carbonyl (C=O) groups is 2. The summed E-state index contributed by atoms with van der Waals surface area (Å²) in [5.74, 6) is -1.05. The summed E-state index contributed by atoms with van der Waals surface area (Å²) in [5, 5.41) is 0. The zero-order chi connectivity index (χ0) is 14.4. The van der Waals surface area contributed by atoms with Gasteiger partial charge in [-0.1, -0.05) is 15.9 Å². The van der Waals surface area contributed by atoms with E-state index in [1.165, 1.54) is 14.0 Å². The molecule has 0 N–H and O–H groups in total. The average molecular weight is 332 g/mol. The molecule has 1 atom stereocenters. The number of nitrogens with zero attached hydrogens (tertiary/aromatic N) is 1. The molecule has 0 saturated heterocycles. The molecular formula is C13H12BrF2NO2. The third-order valence-corrected chi connectivity index (χ3v) is 3.94. The van der Waals surface area contributed by atoms with Crippen LogP contribution in [-0.2, 0) is 10.2 Å². The van der Waals surface area contributed by atoms with Gasteiger partial charge in [0.05, 0.1) is 5.41 Å². The number of likely N-dealkylation sites (N-methyl/N-ethyl adjacent to an activating group) is 1. The molecule has 6 heteroatoms. The Balaban J connectivity index is 2.67. The van der Waals surface area contributed by atoms with Crippen molar-refractivity contribution in [3.8, 4) is 0 Å². The highest BCUT2D eigenvalue weighted by Crippen LogP contribution is 2.39.